The summed E-state index contributed by atoms with van der Waals surface area (Å²) >= 11 is 0. The van der Waals surface area contributed by atoms with E-state index >= 15 is 0 Å². The first-order valence-corrected chi connectivity index (χ1v) is 14.6. The Morgan fingerprint density at radius 3 is 2.03 bits per heavy atom. The Hall–Kier alpha value is -1.97. The molecule has 1 atom stereocenters. The van der Waals surface area contributed by atoms with Crippen molar-refractivity contribution in [2.45, 2.75) is 58.9 Å². The van der Waals surface area contributed by atoms with Crippen LogP contribution in [0.3, 0.4) is 0 Å². The number of hydrogen-bond acceptors (Lipinski definition) is 5. The molecule has 0 aromatic heterocycles. The summed E-state index contributed by atoms with van der Waals surface area (Å²) in [5, 5.41) is 6.40. The van der Waals surface area contributed by atoms with Crippen LogP contribution < -0.4 is 10.6 Å². The van der Waals surface area contributed by atoms with E-state index < -0.39 is 8.80 Å². The van der Waals surface area contributed by atoms with Gasteiger partial charge in [0.1, 0.15) is 0 Å². The molecule has 0 heterocycles. The number of para-hydroxylation sites is 1. The van der Waals surface area contributed by atoms with Crippen molar-refractivity contribution in [3.8, 4) is 11.1 Å². The van der Waals surface area contributed by atoms with Gasteiger partial charge in [0.05, 0.1) is 0 Å². The molecule has 0 aliphatic carbocycles. The molecule has 2 N–H and O–H groups in total. The van der Waals surface area contributed by atoms with Crippen molar-refractivity contribution in [2.24, 2.45) is 0 Å². The van der Waals surface area contributed by atoms with Gasteiger partial charge in [-0.25, -0.2) is 0 Å². The third-order valence-electron chi connectivity index (χ3n) is 5.59. The van der Waals surface area contributed by atoms with Crippen molar-refractivity contribution < 1.29 is 18.1 Å². The van der Waals surface area contributed by atoms with Crippen molar-refractivity contribution in [3.63, 3.8) is 0 Å². The van der Waals surface area contributed by atoms with Crippen LogP contribution in [-0.4, -0.2) is 41.1 Å². The second-order valence-corrected chi connectivity index (χ2v) is 11.6. The van der Waals surface area contributed by atoms with E-state index in [9.17, 15) is 4.79 Å². The van der Waals surface area contributed by atoms with Crippen LogP contribution in [0.2, 0.25) is 5.54 Å². The van der Waals surface area contributed by atoms with E-state index in [0.717, 1.165) is 54.7 Å². The van der Waals surface area contributed by atoms with E-state index in [1.165, 1.54) is 6.08 Å². The second-order valence-electron chi connectivity index (χ2n) is 8.58. The SMILES string of the molecule is Br.C=CC(=O)Nc1ccc(-c2ccccc2NCCC(C)[Si](OCCC)(OCCC)OCCC)cc1. The van der Waals surface area contributed by atoms with Crippen LogP contribution in [0.5, 0.6) is 0 Å². The molecule has 200 valence electrons. The van der Waals surface area contributed by atoms with Gasteiger partial charge in [0, 0.05) is 48.8 Å². The molecule has 0 saturated heterocycles. The molecule has 6 nitrogen and oxygen atoms in total. The number of benzene rings is 2. The van der Waals surface area contributed by atoms with Gasteiger partial charge in [-0.1, -0.05) is 64.6 Å². The van der Waals surface area contributed by atoms with Crippen LogP contribution in [0.4, 0.5) is 11.4 Å². The van der Waals surface area contributed by atoms with E-state index in [-0.39, 0.29) is 28.4 Å². The fourth-order valence-corrected chi connectivity index (χ4v) is 6.77. The summed E-state index contributed by atoms with van der Waals surface area (Å²) in [4.78, 5) is 11.5. The summed E-state index contributed by atoms with van der Waals surface area (Å²) < 4.78 is 19.0. The van der Waals surface area contributed by atoms with E-state index in [1.54, 1.807) is 0 Å². The third kappa shape index (κ3) is 9.82. The topological polar surface area (TPSA) is 68.8 Å². The zero-order valence-corrected chi connectivity index (χ0v) is 24.9. The summed E-state index contributed by atoms with van der Waals surface area (Å²) in [7, 11) is -2.78. The largest absolute Gasteiger partial charge is 0.504 e. The first-order chi connectivity index (χ1) is 17.0. The van der Waals surface area contributed by atoms with Crippen molar-refractivity contribution >= 4 is 43.1 Å². The number of hydrogen-bond donors (Lipinski definition) is 2. The molecule has 0 bridgehead atoms. The number of rotatable bonds is 17. The summed E-state index contributed by atoms with van der Waals surface area (Å²) in [5.74, 6) is -0.220. The number of carbonyl (C=O) groups is 1. The third-order valence-corrected chi connectivity index (χ3v) is 8.91. The highest BCUT2D eigenvalue weighted by molar-refractivity contribution is 8.93. The Labute approximate surface area is 229 Å². The Bertz CT molecular complexity index is 889. The highest BCUT2D eigenvalue weighted by atomic mass is 79.9. The van der Waals surface area contributed by atoms with Crippen LogP contribution in [0.25, 0.3) is 11.1 Å². The maximum atomic E-state index is 11.5. The van der Waals surface area contributed by atoms with Gasteiger partial charge in [0.15, 0.2) is 0 Å². The van der Waals surface area contributed by atoms with Gasteiger partial charge in [0.2, 0.25) is 5.91 Å². The van der Waals surface area contributed by atoms with Gasteiger partial charge in [-0.3, -0.25) is 4.79 Å². The molecule has 0 saturated carbocycles. The lowest BCUT2D eigenvalue weighted by molar-refractivity contribution is -0.111. The summed E-state index contributed by atoms with van der Waals surface area (Å²) in [6.07, 6.45) is 4.96. The van der Waals surface area contributed by atoms with E-state index in [4.69, 9.17) is 13.3 Å². The molecule has 1 unspecified atom stereocenters. The second kappa shape index (κ2) is 17.5. The number of nitrogens with one attached hydrogen (secondary N) is 2. The van der Waals surface area contributed by atoms with Crippen molar-refractivity contribution in [1.82, 2.24) is 0 Å². The molecule has 2 aromatic carbocycles. The average Bonchev–Trinajstić information content (AvgIpc) is 2.89. The van der Waals surface area contributed by atoms with Crippen molar-refractivity contribution in [2.75, 3.05) is 37.0 Å². The van der Waals surface area contributed by atoms with Gasteiger partial charge >= 0.3 is 8.80 Å². The van der Waals surface area contributed by atoms with Crippen LogP contribution in [0.15, 0.2) is 61.2 Å². The molecular formula is C28H43BrN2O4Si. The maximum Gasteiger partial charge on any atom is 0.504 e. The van der Waals surface area contributed by atoms with E-state index in [0.29, 0.717) is 19.8 Å². The minimum Gasteiger partial charge on any atom is -0.385 e. The molecule has 0 aliphatic heterocycles. The Morgan fingerprint density at radius 2 is 1.50 bits per heavy atom. The minimum absolute atomic E-state index is 0. The van der Waals surface area contributed by atoms with Gasteiger partial charge in [-0.2, -0.15) is 0 Å². The van der Waals surface area contributed by atoms with Gasteiger partial charge < -0.3 is 23.9 Å². The Morgan fingerprint density at radius 1 is 0.944 bits per heavy atom. The molecule has 0 aliphatic rings. The maximum absolute atomic E-state index is 11.5. The van der Waals surface area contributed by atoms with E-state index in [2.05, 4.69) is 57.0 Å². The number of carbonyl (C=O) groups excluding carboxylic acids is 1. The van der Waals surface area contributed by atoms with Gasteiger partial charge in [0.25, 0.3) is 0 Å². The van der Waals surface area contributed by atoms with Gasteiger partial charge in [-0.15, -0.1) is 17.0 Å². The predicted molar refractivity (Wildman–Crippen MR) is 158 cm³/mol. The van der Waals surface area contributed by atoms with Crippen LogP contribution in [-0.2, 0) is 18.1 Å². The summed E-state index contributed by atoms with van der Waals surface area (Å²) in [6.45, 7) is 14.8. The monoisotopic (exact) mass is 578 g/mol. The molecule has 0 spiro atoms. The quantitative estimate of drug-likeness (QED) is 0.150. The Balaban J connectivity index is 0.00000648. The zero-order valence-electron chi connectivity index (χ0n) is 22.2. The predicted octanol–water partition coefficient (Wildman–Crippen LogP) is 7.47. The first-order valence-electron chi connectivity index (χ1n) is 12.8. The fourth-order valence-electron chi connectivity index (χ4n) is 3.70. The number of anilines is 2. The lowest BCUT2D eigenvalue weighted by Gasteiger charge is -2.34. The van der Waals surface area contributed by atoms with Crippen molar-refractivity contribution in [3.05, 3.63) is 61.2 Å². The molecule has 8 heteroatoms. The standard InChI is InChI=1S/C28H42N2O4Si.BrH/c1-6-20-32-35(33-21-7-2,34-22-8-3)23(5)18-19-29-27-13-11-10-12-26(27)24-14-16-25(17-15-24)30-28(31)9-4;/h9-17,23,29H,4,6-8,18-22H2,1-3,5H3,(H,30,31);1H. The molecule has 2 rings (SSSR count). The van der Waals surface area contributed by atoms with E-state index in [1.807, 2.05) is 36.4 Å². The first kappa shape index (κ1) is 32.1. The average molecular weight is 580 g/mol. The zero-order chi connectivity index (χ0) is 25.5. The number of amides is 1. The normalized spacial score (nSPS) is 11.9. The lowest BCUT2D eigenvalue weighted by Crippen LogP contribution is -2.50. The Kier molecular flexibility index (Phi) is 15.6. The molecular weight excluding hydrogens is 536 g/mol. The smallest absolute Gasteiger partial charge is 0.385 e. The van der Waals surface area contributed by atoms with Crippen LogP contribution in [0.1, 0.15) is 53.4 Å². The minimum atomic E-state index is -2.78. The molecule has 36 heavy (non-hydrogen) atoms. The fraction of sp³-hybridized carbons (Fsp3) is 0.464. The molecule has 2 aromatic rings. The highest BCUT2D eigenvalue weighted by Crippen LogP contribution is 2.32. The molecule has 0 fully saturated rings. The van der Waals surface area contributed by atoms with Crippen LogP contribution >= 0.6 is 17.0 Å². The van der Waals surface area contributed by atoms with Crippen molar-refractivity contribution in [1.29, 1.82) is 0 Å². The number of halogens is 1. The van der Waals surface area contributed by atoms with Crippen LogP contribution in [0, 0.1) is 0 Å². The summed E-state index contributed by atoms with van der Waals surface area (Å²) in [6, 6.07) is 16.1. The molecule has 1 amide bonds. The lowest BCUT2D eigenvalue weighted by atomic mass is 10.0. The summed E-state index contributed by atoms with van der Waals surface area (Å²) in [5.41, 5.74) is 4.17. The molecule has 0 radical (unpaired) electrons. The highest BCUT2D eigenvalue weighted by Gasteiger charge is 2.46. The van der Waals surface area contributed by atoms with Gasteiger partial charge in [-0.05, 0) is 55.5 Å².